The maximum Gasteiger partial charge on any atom is 0.314 e. The number of carbonyl (C=O) groups is 1. The van der Waals surface area contributed by atoms with E-state index >= 15 is 0 Å². The van der Waals surface area contributed by atoms with Crippen molar-refractivity contribution in [1.29, 1.82) is 0 Å². The monoisotopic (exact) mass is 296 g/mol. The van der Waals surface area contributed by atoms with E-state index in [4.69, 9.17) is 0 Å². The summed E-state index contributed by atoms with van der Waals surface area (Å²) in [5.74, 6) is -0.785. The number of thiophene rings is 1. The van der Waals surface area contributed by atoms with Crippen LogP contribution in [0.3, 0.4) is 0 Å². The zero-order valence-electron chi connectivity index (χ0n) is 11.7. The molecular weight excluding hydrogens is 280 g/mol. The first-order valence-corrected chi connectivity index (χ1v) is 7.73. The second-order valence-electron chi connectivity index (χ2n) is 5.42. The lowest BCUT2D eigenvalue weighted by molar-refractivity contribution is -0.143. The van der Waals surface area contributed by atoms with Gasteiger partial charge in [0.1, 0.15) is 0 Å². The van der Waals surface area contributed by atoms with Gasteiger partial charge in [0, 0.05) is 11.3 Å². The van der Waals surface area contributed by atoms with Gasteiger partial charge >= 0.3 is 5.97 Å². The molecule has 0 aliphatic carbocycles. The molecule has 3 rings (SSSR count). The van der Waals surface area contributed by atoms with E-state index in [-0.39, 0.29) is 0 Å². The van der Waals surface area contributed by atoms with E-state index in [0.29, 0.717) is 6.42 Å². The molecule has 2 nitrogen and oxygen atoms in total. The van der Waals surface area contributed by atoms with Gasteiger partial charge in [-0.3, -0.25) is 4.79 Å². The molecule has 0 amide bonds. The predicted molar refractivity (Wildman–Crippen MR) is 87.0 cm³/mol. The zero-order valence-corrected chi connectivity index (χ0v) is 12.6. The van der Waals surface area contributed by atoms with Crippen LogP contribution in [0.2, 0.25) is 0 Å². The minimum Gasteiger partial charge on any atom is -0.481 e. The lowest BCUT2D eigenvalue weighted by Crippen LogP contribution is -2.34. The van der Waals surface area contributed by atoms with E-state index in [1.807, 2.05) is 66.9 Å². The summed E-state index contributed by atoms with van der Waals surface area (Å²) < 4.78 is 0. The van der Waals surface area contributed by atoms with Gasteiger partial charge in [-0.25, -0.2) is 0 Å². The third kappa shape index (κ3) is 2.45. The van der Waals surface area contributed by atoms with Gasteiger partial charge in [-0.15, -0.1) is 11.3 Å². The molecular formula is C18H16O2S. The smallest absolute Gasteiger partial charge is 0.314 e. The number of carboxylic acid groups (broad SMARTS) is 1. The van der Waals surface area contributed by atoms with Crippen LogP contribution >= 0.6 is 11.3 Å². The topological polar surface area (TPSA) is 37.3 Å². The number of fused-ring (bicyclic) bond motifs is 1. The molecule has 106 valence electrons. The summed E-state index contributed by atoms with van der Waals surface area (Å²) in [5.41, 5.74) is -0.0485. The van der Waals surface area contributed by atoms with Crippen molar-refractivity contribution in [2.45, 2.75) is 18.8 Å². The highest BCUT2D eigenvalue weighted by molar-refractivity contribution is 7.09. The van der Waals surface area contributed by atoms with Crippen molar-refractivity contribution in [2.75, 3.05) is 0 Å². The second-order valence-corrected chi connectivity index (χ2v) is 6.45. The van der Waals surface area contributed by atoms with Crippen LogP contribution in [0.4, 0.5) is 0 Å². The Morgan fingerprint density at radius 3 is 2.57 bits per heavy atom. The molecule has 0 spiro atoms. The highest BCUT2D eigenvalue weighted by Crippen LogP contribution is 2.35. The summed E-state index contributed by atoms with van der Waals surface area (Å²) in [5, 5.41) is 13.9. The van der Waals surface area contributed by atoms with Crippen molar-refractivity contribution in [3.63, 3.8) is 0 Å². The second kappa shape index (κ2) is 5.34. The summed E-state index contributed by atoms with van der Waals surface area (Å²) in [6, 6.07) is 17.8. The van der Waals surface area contributed by atoms with Gasteiger partial charge in [-0.05, 0) is 34.7 Å². The molecule has 21 heavy (non-hydrogen) atoms. The van der Waals surface area contributed by atoms with Crippen LogP contribution < -0.4 is 0 Å². The molecule has 3 heteroatoms. The Hall–Kier alpha value is -2.13. The van der Waals surface area contributed by atoms with Crippen LogP contribution in [0.1, 0.15) is 17.4 Å². The highest BCUT2D eigenvalue weighted by Gasteiger charge is 2.36. The summed E-state index contributed by atoms with van der Waals surface area (Å²) in [4.78, 5) is 13.1. The summed E-state index contributed by atoms with van der Waals surface area (Å²) in [6.07, 6.45) is 0.508. The number of benzene rings is 2. The van der Waals surface area contributed by atoms with Crippen LogP contribution in [0.25, 0.3) is 10.8 Å². The molecule has 1 N–H and O–H groups in total. The van der Waals surface area contributed by atoms with Crippen LogP contribution in [0, 0.1) is 0 Å². The molecule has 3 aromatic rings. The van der Waals surface area contributed by atoms with E-state index in [0.717, 1.165) is 21.2 Å². The Morgan fingerprint density at radius 1 is 1.10 bits per heavy atom. The summed E-state index contributed by atoms with van der Waals surface area (Å²) >= 11 is 1.60. The zero-order chi connectivity index (χ0) is 14.9. The number of rotatable bonds is 4. The average Bonchev–Trinajstić information content (AvgIpc) is 2.99. The van der Waals surface area contributed by atoms with Crippen LogP contribution in [-0.2, 0) is 16.6 Å². The normalized spacial score (nSPS) is 14.0. The fourth-order valence-electron chi connectivity index (χ4n) is 2.75. The third-order valence-corrected chi connectivity index (χ3v) is 4.84. The molecule has 0 radical (unpaired) electrons. The van der Waals surface area contributed by atoms with E-state index in [9.17, 15) is 9.90 Å². The number of hydrogen-bond acceptors (Lipinski definition) is 2. The Morgan fingerprint density at radius 2 is 1.86 bits per heavy atom. The minimum atomic E-state index is -0.925. The van der Waals surface area contributed by atoms with Gasteiger partial charge in [0.25, 0.3) is 0 Å². The fraction of sp³-hybridized carbons (Fsp3) is 0.167. The highest BCUT2D eigenvalue weighted by atomic mass is 32.1. The van der Waals surface area contributed by atoms with E-state index in [2.05, 4.69) is 0 Å². The molecule has 0 saturated carbocycles. The van der Waals surface area contributed by atoms with Crippen molar-refractivity contribution in [3.8, 4) is 0 Å². The molecule has 1 aromatic heterocycles. The standard InChI is InChI=1S/C18H16O2S/c1-18(17(19)20,12-14-8-5-11-21-14)16-10-4-7-13-6-2-3-9-15(13)16/h2-11H,12H2,1H3,(H,19,20). The van der Waals surface area contributed by atoms with Crippen LogP contribution in [0.15, 0.2) is 60.0 Å². The van der Waals surface area contributed by atoms with Gasteiger partial charge in [-0.1, -0.05) is 48.5 Å². The first-order valence-electron chi connectivity index (χ1n) is 6.85. The molecule has 1 unspecified atom stereocenters. The Kier molecular flexibility index (Phi) is 3.52. The average molecular weight is 296 g/mol. The SMILES string of the molecule is CC(Cc1cccs1)(C(=O)O)c1cccc2ccccc12. The van der Waals surface area contributed by atoms with E-state index < -0.39 is 11.4 Å². The van der Waals surface area contributed by atoms with Gasteiger partial charge in [0.15, 0.2) is 0 Å². The van der Waals surface area contributed by atoms with Crippen LogP contribution in [-0.4, -0.2) is 11.1 Å². The van der Waals surface area contributed by atoms with Crippen molar-refractivity contribution >= 4 is 28.1 Å². The fourth-order valence-corrected chi connectivity index (χ4v) is 3.62. The van der Waals surface area contributed by atoms with Crippen molar-refractivity contribution in [3.05, 3.63) is 70.4 Å². The number of aliphatic carboxylic acids is 1. The maximum absolute atomic E-state index is 12.0. The van der Waals surface area contributed by atoms with Gasteiger partial charge < -0.3 is 5.11 Å². The lowest BCUT2D eigenvalue weighted by Gasteiger charge is -2.26. The van der Waals surface area contributed by atoms with Gasteiger partial charge in [0.05, 0.1) is 5.41 Å². The van der Waals surface area contributed by atoms with Crippen molar-refractivity contribution < 1.29 is 9.90 Å². The number of carboxylic acids is 1. The maximum atomic E-state index is 12.0. The van der Waals surface area contributed by atoms with E-state index in [1.54, 1.807) is 11.3 Å². The molecule has 0 saturated heterocycles. The quantitative estimate of drug-likeness (QED) is 0.770. The molecule has 0 bridgehead atoms. The minimum absolute atomic E-state index is 0.508. The molecule has 1 atom stereocenters. The van der Waals surface area contributed by atoms with Crippen molar-refractivity contribution in [2.24, 2.45) is 0 Å². The Balaban J connectivity index is 2.18. The third-order valence-electron chi connectivity index (χ3n) is 3.96. The van der Waals surface area contributed by atoms with E-state index in [1.165, 1.54) is 0 Å². The first-order chi connectivity index (χ1) is 10.1. The van der Waals surface area contributed by atoms with Gasteiger partial charge in [0.2, 0.25) is 0 Å². The molecule has 0 aliphatic rings. The summed E-state index contributed by atoms with van der Waals surface area (Å²) in [6.45, 7) is 1.82. The van der Waals surface area contributed by atoms with Crippen molar-refractivity contribution in [1.82, 2.24) is 0 Å². The number of hydrogen-bond donors (Lipinski definition) is 1. The van der Waals surface area contributed by atoms with Crippen LogP contribution in [0.5, 0.6) is 0 Å². The van der Waals surface area contributed by atoms with Gasteiger partial charge in [-0.2, -0.15) is 0 Å². The largest absolute Gasteiger partial charge is 0.481 e. The summed E-state index contributed by atoms with van der Waals surface area (Å²) in [7, 11) is 0. The first kappa shape index (κ1) is 13.8. The molecule has 1 heterocycles. The molecule has 0 aliphatic heterocycles. The predicted octanol–water partition coefficient (Wildman–Crippen LogP) is 4.49. The Bertz CT molecular complexity index is 772. The Labute approximate surface area is 127 Å². The molecule has 0 fully saturated rings. The molecule has 2 aromatic carbocycles. The lowest BCUT2D eigenvalue weighted by atomic mass is 9.77.